The fraction of sp³-hybridized carbons (Fsp3) is 0.385. The predicted molar refractivity (Wildman–Crippen MR) is 69.9 cm³/mol. The van der Waals surface area contributed by atoms with Crippen LogP contribution < -0.4 is 16.4 Å². The summed E-state index contributed by atoms with van der Waals surface area (Å²) in [5, 5.41) is 5.02. The minimum Gasteiger partial charge on any atom is -0.347 e. The number of carbonyl (C=O) groups is 2. The lowest BCUT2D eigenvalue weighted by atomic mass is 10.0. The molecular weight excluding hydrogens is 230 g/mol. The van der Waals surface area contributed by atoms with Crippen molar-refractivity contribution in [1.82, 2.24) is 10.6 Å². The highest BCUT2D eigenvalue weighted by Gasteiger charge is 2.13. The Labute approximate surface area is 107 Å². The summed E-state index contributed by atoms with van der Waals surface area (Å²) in [7, 11) is 0. The maximum absolute atomic E-state index is 11.4. The normalized spacial score (nSPS) is 11.7. The minimum absolute atomic E-state index is 0.164. The van der Waals surface area contributed by atoms with Crippen LogP contribution in [0.25, 0.3) is 0 Å². The first-order valence-electron chi connectivity index (χ1n) is 5.96. The lowest BCUT2D eigenvalue weighted by molar-refractivity contribution is -0.139. The van der Waals surface area contributed by atoms with Crippen LogP contribution >= 0.6 is 0 Å². The first kappa shape index (κ1) is 14.2. The third-order valence-electron chi connectivity index (χ3n) is 2.57. The van der Waals surface area contributed by atoms with Crippen LogP contribution in [0.2, 0.25) is 0 Å². The monoisotopic (exact) mass is 249 g/mol. The van der Waals surface area contributed by atoms with Crippen molar-refractivity contribution in [3.63, 3.8) is 0 Å². The van der Waals surface area contributed by atoms with E-state index in [0.29, 0.717) is 19.6 Å². The van der Waals surface area contributed by atoms with Gasteiger partial charge in [0.15, 0.2) is 0 Å². The molecule has 1 aromatic carbocycles. The highest BCUT2D eigenvalue weighted by atomic mass is 16.2. The molecule has 0 saturated carbocycles. The second-order valence-corrected chi connectivity index (χ2v) is 4.07. The average Bonchev–Trinajstić information content (AvgIpc) is 2.42. The van der Waals surface area contributed by atoms with Gasteiger partial charge in [-0.25, -0.2) is 0 Å². The standard InChI is InChI=1S/C13H19N3O2/c1-10(11-5-3-2-4-6-11)9-16-13(18)12(17)15-8-7-14/h2-6,10H,7-9,14H2,1H3,(H,15,17)(H,16,18). The SMILES string of the molecule is CC(CNC(=O)C(=O)NCCN)c1ccccc1. The molecule has 0 spiro atoms. The van der Waals surface area contributed by atoms with E-state index in [4.69, 9.17) is 5.73 Å². The zero-order chi connectivity index (χ0) is 13.4. The summed E-state index contributed by atoms with van der Waals surface area (Å²) >= 11 is 0. The van der Waals surface area contributed by atoms with Crippen molar-refractivity contribution in [3.8, 4) is 0 Å². The molecule has 18 heavy (non-hydrogen) atoms. The van der Waals surface area contributed by atoms with E-state index in [1.54, 1.807) is 0 Å². The van der Waals surface area contributed by atoms with E-state index in [-0.39, 0.29) is 5.92 Å². The summed E-state index contributed by atoms with van der Waals surface area (Å²) in [5.74, 6) is -1.09. The molecule has 4 N–H and O–H groups in total. The summed E-state index contributed by atoms with van der Waals surface area (Å²) in [5.41, 5.74) is 6.35. The molecule has 2 amide bonds. The van der Waals surface area contributed by atoms with Gasteiger partial charge in [-0.05, 0) is 11.5 Å². The number of rotatable bonds is 5. The van der Waals surface area contributed by atoms with E-state index >= 15 is 0 Å². The Morgan fingerprint density at radius 3 is 2.39 bits per heavy atom. The number of amides is 2. The smallest absolute Gasteiger partial charge is 0.309 e. The van der Waals surface area contributed by atoms with Crippen molar-refractivity contribution in [2.24, 2.45) is 5.73 Å². The lowest BCUT2D eigenvalue weighted by Gasteiger charge is -2.12. The third-order valence-corrected chi connectivity index (χ3v) is 2.57. The van der Waals surface area contributed by atoms with E-state index in [1.165, 1.54) is 0 Å². The van der Waals surface area contributed by atoms with Crippen molar-refractivity contribution in [1.29, 1.82) is 0 Å². The predicted octanol–water partition coefficient (Wildman–Crippen LogP) is -0.0188. The van der Waals surface area contributed by atoms with Crippen molar-refractivity contribution in [3.05, 3.63) is 35.9 Å². The van der Waals surface area contributed by atoms with Gasteiger partial charge in [0.05, 0.1) is 0 Å². The van der Waals surface area contributed by atoms with Crippen LogP contribution in [-0.2, 0) is 9.59 Å². The molecule has 1 unspecified atom stereocenters. The molecule has 0 fully saturated rings. The first-order valence-corrected chi connectivity index (χ1v) is 5.96. The molecule has 98 valence electrons. The molecular formula is C13H19N3O2. The van der Waals surface area contributed by atoms with E-state index in [9.17, 15) is 9.59 Å². The van der Waals surface area contributed by atoms with Crippen LogP contribution in [-0.4, -0.2) is 31.4 Å². The first-order chi connectivity index (χ1) is 8.65. The molecule has 1 atom stereocenters. The van der Waals surface area contributed by atoms with Crippen molar-refractivity contribution < 1.29 is 9.59 Å². The molecule has 1 rings (SSSR count). The summed E-state index contributed by atoms with van der Waals surface area (Å²) < 4.78 is 0. The van der Waals surface area contributed by atoms with Crippen LogP contribution in [0.3, 0.4) is 0 Å². The van der Waals surface area contributed by atoms with Crippen LogP contribution in [0.15, 0.2) is 30.3 Å². The maximum atomic E-state index is 11.4. The second-order valence-electron chi connectivity index (χ2n) is 4.07. The fourth-order valence-corrected chi connectivity index (χ4v) is 1.49. The fourth-order valence-electron chi connectivity index (χ4n) is 1.49. The zero-order valence-corrected chi connectivity index (χ0v) is 10.5. The van der Waals surface area contributed by atoms with Crippen LogP contribution in [0, 0.1) is 0 Å². The van der Waals surface area contributed by atoms with Gasteiger partial charge in [-0.3, -0.25) is 9.59 Å². The molecule has 0 saturated heterocycles. The number of benzene rings is 1. The number of nitrogens with two attached hydrogens (primary N) is 1. The number of nitrogens with one attached hydrogen (secondary N) is 2. The zero-order valence-electron chi connectivity index (χ0n) is 10.5. The molecule has 0 bridgehead atoms. The number of hydrogen-bond donors (Lipinski definition) is 3. The lowest BCUT2D eigenvalue weighted by Crippen LogP contribution is -2.42. The molecule has 0 heterocycles. The number of carbonyl (C=O) groups excluding carboxylic acids is 2. The second kappa shape index (κ2) is 7.45. The summed E-state index contributed by atoms with van der Waals surface area (Å²) in [6, 6.07) is 9.81. The van der Waals surface area contributed by atoms with Gasteiger partial charge in [0.25, 0.3) is 0 Å². The Hall–Kier alpha value is -1.88. The molecule has 0 aliphatic rings. The van der Waals surface area contributed by atoms with Gasteiger partial charge in [0.2, 0.25) is 0 Å². The quantitative estimate of drug-likeness (QED) is 0.641. The summed E-state index contributed by atoms with van der Waals surface area (Å²) in [4.78, 5) is 22.7. The molecule has 5 heteroatoms. The van der Waals surface area contributed by atoms with E-state index in [1.807, 2.05) is 37.3 Å². The number of hydrogen-bond acceptors (Lipinski definition) is 3. The van der Waals surface area contributed by atoms with Crippen molar-refractivity contribution >= 4 is 11.8 Å². The molecule has 0 aliphatic heterocycles. The Kier molecular flexibility index (Phi) is 5.87. The topological polar surface area (TPSA) is 84.2 Å². The molecule has 1 aromatic rings. The van der Waals surface area contributed by atoms with Gasteiger partial charge in [-0.15, -0.1) is 0 Å². The summed E-state index contributed by atoms with van der Waals surface area (Å²) in [6.07, 6.45) is 0. The van der Waals surface area contributed by atoms with Crippen LogP contribution in [0.4, 0.5) is 0 Å². The molecule has 0 aliphatic carbocycles. The third kappa shape index (κ3) is 4.55. The average molecular weight is 249 g/mol. The van der Waals surface area contributed by atoms with Crippen molar-refractivity contribution in [2.45, 2.75) is 12.8 Å². The van der Waals surface area contributed by atoms with E-state index in [0.717, 1.165) is 5.56 Å². The molecule has 5 nitrogen and oxygen atoms in total. The Balaban J connectivity index is 2.36. The van der Waals surface area contributed by atoms with Crippen LogP contribution in [0.5, 0.6) is 0 Å². The van der Waals surface area contributed by atoms with Gasteiger partial charge in [-0.2, -0.15) is 0 Å². The van der Waals surface area contributed by atoms with Gasteiger partial charge < -0.3 is 16.4 Å². The Morgan fingerprint density at radius 2 is 1.78 bits per heavy atom. The van der Waals surface area contributed by atoms with Gasteiger partial charge in [0.1, 0.15) is 0 Å². The van der Waals surface area contributed by atoms with Crippen molar-refractivity contribution in [2.75, 3.05) is 19.6 Å². The highest BCUT2D eigenvalue weighted by Crippen LogP contribution is 2.12. The molecule has 0 radical (unpaired) electrons. The Morgan fingerprint density at radius 1 is 1.17 bits per heavy atom. The largest absolute Gasteiger partial charge is 0.347 e. The van der Waals surface area contributed by atoms with Gasteiger partial charge in [-0.1, -0.05) is 37.3 Å². The molecule has 0 aromatic heterocycles. The van der Waals surface area contributed by atoms with E-state index in [2.05, 4.69) is 10.6 Å². The van der Waals surface area contributed by atoms with E-state index < -0.39 is 11.8 Å². The highest BCUT2D eigenvalue weighted by molar-refractivity contribution is 6.35. The maximum Gasteiger partial charge on any atom is 0.309 e. The van der Waals surface area contributed by atoms with Gasteiger partial charge >= 0.3 is 11.8 Å². The minimum atomic E-state index is -0.638. The summed E-state index contributed by atoms with van der Waals surface area (Å²) in [6.45, 7) is 3.05. The Bertz CT molecular complexity index is 392. The van der Waals surface area contributed by atoms with Gasteiger partial charge in [0, 0.05) is 19.6 Å². The van der Waals surface area contributed by atoms with Crippen LogP contribution in [0.1, 0.15) is 18.4 Å².